The third-order valence-electron chi connectivity index (χ3n) is 2.17. The first-order valence-electron chi connectivity index (χ1n) is 4.94. The minimum atomic E-state index is 0.268. The molecule has 0 amide bonds. The molecule has 3 N–H and O–H groups in total. The van der Waals surface area contributed by atoms with E-state index in [2.05, 4.69) is 20.3 Å². The standard InChI is InChI=1S/C11H13N5/c1-7-3-4-13-6-9(7)15-10-5-8(2)14-11(12)16-10/h3-6H,1-2H3,(H3,12,14,15,16). The van der Waals surface area contributed by atoms with Crippen LogP contribution in [0.3, 0.4) is 0 Å². The van der Waals surface area contributed by atoms with Crippen LogP contribution in [0.15, 0.2) is 24.5 Å². The number of nitrogens with one attached hydrogen (secondary N) is 1. The number of aromatic nitrogens is 3. The molecule has 2 aromatic rings. The van der Waals surface area contributed by atoms with Crippen molar-refractivity contribution in [3.8, 4) is 0 Å². The Balaban J connectivity index is 2.30. The van der Waals surface area contributed by atoms with Crippen LogP contribution in [0, 0.1) is 13.8 Å². The molecular formula is C11H13N5. The largest absolute Gasteiger partial charge is 0.368 e. The lowest BCUT2D eigenvalue weighted by Gasteiger charge is -2.08. The first kappa shape index (κ1) is 10.4. The third kappa shape index (κ3) is 2.25. The molecule has 0 atom stereocenters. The van der Waals surface area contributed by atoms with Crippen LogP contribution in [0.5, 0.6) is 0 Å². The zero-order valence-electron chi connectivity index (χ0n) is 9.23. The second kappa shape index (κ2) is 4.14. The van der Waals surface area contributed by atoms with Gasteiger partial charge in [-0.3, -0.25) is 4.98 Å². The summed E-state index contributed by atoms with van der Waals surface area (Å²) in [6, 6.07) is 3.77. The summed E-state index contributed by atoms with van der Waals surface area (Å²) in [6.07, 6.45) is 3.50. The van der Waals surface area contributed by atoms with Gasteiger partial charge in [0, 0.05) is 18.0 Å². The maximum atomic E-state index is 5.57. The van der Waals surface area contributed by atoms with Crippen molar-refractivity contribution in [2.45, 2.75) is 13.8 Å². The van der Waals surface area contributed by atoms with Gasteiger partial charge in [-0.05, 0) is 25.5 Å². The molecule has 0 aliphatic rings. The van der Waals surface area contributed by atoms with Gasteiger partial charge < -0.3 is 11.1 Å². The van der Waals surface area contributed by atoms with Crippen LogP contribution in [0.2, 0.25) is 0 Å². The van der Waals surface area contributed by atoms with E-state index in [1.807, 2.05) is 26.0 Å². The van der Waals surface area contributed by atoms with Gasteiger partial charge in [-0.1, -0.05) is 0 Å². The van der Waals surface area contributed by atoms with Gasteiger partial charge in [-0.2, -0.15) is 4.98 Å². The summed E-state index contributed by atoms with van der Waals surface area (Å²) in [5, 5.41) is 3.16. The highest BCUT2D eigenvalue weighted by Crippen LogP contribution is 2.18. The number of pyridine rings is 1. The zero-order valence-corrected chi connectivity index (χ0v) is 9.23. The van der Waals surface area contributed by atoms with Crippen LogP contribution >= 0.6 is 0 Å². The highest BCUT2D eigenvalue weighted by molar-refractivity contribution is 5.59. The summed E-state index contributed by atoms with van der Waals surface area (Å²) in [6.45, 7) is 3.88. The summed E-state index contributed by atoms with van der Waals surface area (Å²) >= 11 is 0. The van der Waals surface area contributed by atoms with Crippen LogP contribution in [-0.2, 0) is 0 Å². The Hall–Kier alpha value is -2.17. The van der Waals surface area contributed by atoms with Crippen LogP contribution in [0.1, 0.15) is 11.3 Å². The van der Waals surface area contributed by atoms with E-state index in [4.69, 9.17) is 5.73 Å². The quantitative estimate of drug-likeness (QED) is 0.799. The minimum Gasteiger partial charge on any atom is -0.368 e. The molecule has 0 aliphatic heterocycles. The van der Waals surface area contributed by atoms with E-state index in [-0.39, 0.29) is 5.95 Å². The number of hydrogen-bond donors (Lipinski definition) is 2. The van der Waals surface area contributed by atoms with Crippen molar-refractivity contribution in [2.75, 3.05) is 11.1 Å². The van der Waals surface area contributed by atoms with Crippen molar-refractivity contribution >= 4 is 17.5 Å². The van der Waals surface area contributed by atoms with Gasteiger partial charge in [0.05, 0.1) is 11.9 Å². The molecule has 5 heteroatoms. The number of aryl methyl sites for hydroxylation is 2. The molecule has 5 nitrogen and oxygen atoms in total. The molecule has 2 heterocycles. The summed E-state index contributed by atoms with van der Waals surface area (Å²) in [5.41, 5.74) is 8.42. The highest BCUT2D eigenvalue weighted by Gasteiger charge is 2.02. The number of rotatable bonds is 2. The fraction of sp³-hybridized carbons (Fsp3) is 0.182. The molecule has 2 rings (SSSR count). The fourth-order valence-corrected chi connectivity index (χ4v) is 1.39. The fourth-order valence-electron chi connectivity index (χ4n) is 1.39. The number of nitrogens with zero attached hydrogens (tertiary/aromatic N) is 3. The normalized spacial score (nSPS) is 10.1. The van der Waals surface area contributed by atoms with E-state index in [9.17, 15) is 0 Å². The van der Waals surface area contributed by atoms with Crippen LogP contribution in [0.25, 0.3) is 0 Å². The van der Waals surface area contributed by atoms with Gasteiger partial charge in [0.15, 0.2) is 0 Å². The van der Waals surface area contributed by atoms with Crippen molar-refractivity contribution < 1.29 is 0 Å². The van der Waals surface area contributed by atoms with Crippen LogP contribution < -0.4 is 11.1 Å². The van der Waals surface area contributed by atoms with Gasteiger partial charge in [0.2, 0.25) is 5.95 Å². The second-order valence-corrected chi connectivity index (χ2v) is 3.57. The SMILES string of the molecule is Cc1cc(Nc2cnccc2C)nc(N)n1. The Bertz CT molecular complexity index is 489. The lowest BCUT2D eigenvalue weighted by atomic mass is 10.2. The molecule has 0 radical (unpaired) electrons. The number of anilines is 3. The second-order valence-electron chi connectivity index (χ2n) is 3.57. The van der Waals surface area contributed by atoms with Gasteiger partial charge in [0.1, 0.15) is 5.82 Å². The van der Waals surface area contributed by atoms with Gasteiger partial charge in [-0.25, -0.2) is 4.98 Å². The summed E-state index contributed by atoms with van der Waals surface area (Å²) in [5.74, 6) is 0.949. The van der Waals surface area contributed by atoms with E-state index < -0.39 is 0 Å². The molecule has 0 aliphatic carbocycles. The average Bonchev–Trinajstić information content (AvgIpc) is 2.20. The van der Waals surface area contributed by atoms with E-state index in [1.54, 1.807) is 12.4 Å². The first-order valence-corrected chi connectivity index (χ1v) is 4.94. The van der Waals surface area contributed by atoms with Crippen molar-refractivity contribution in [2.24, 2.45) is 0 Å². The number of hydrogen-bond acceptors (Lipinski definition) is 5. The third-order valence-corrected chi connectivity index (χ3v) is 2.17. The highest BCUT2D eigenvalue weighted by atomic mass is 15.1. The maximum absolute atomic E-state index is 5.57. The summed E-state index contributed by atoms with van der Waals surface area (Å²) in [7, 11) is 0. The van der Waals surface area contributed by atoms with E-state index in [0.29, 0.717) is 5.82 Å². The van der Waals surface area contributed by atoms with Gasteiger partial charge >= 0.3 is 0 Å². The summed E-state index contributed by atoms with van der Waals surface area (Å²) < 4.78 is 0. The average molecular weight is 215 g/mol. The lowest BCUT2D eigenvalue weighted by molar-refractivity contribution is 1.12. The van der Waals surface area contributed by atoms with E-state index in [1.165, 1.54) is 0 Å². The van der Waals surface area contributed by atoms with Gasteiger partial charge in [0.25, 0.3) is 0 Å². The Kier molecular flexibility index (Phi) is 2.68. The van der Waals surface area contributed by atoms with Crippen molar-refractivity contribution in [1.29, 1.82) is 0 Å². The predicted molar refractivity (Wildman–Crippen MR) is 63.4 cm³/mol. The Morgan fingerprint density at radius 1 is 1.25 bits per heavy atom. The van der Waals surface area contributed by atoms with Gasteiger partial charge in [-0.15, -0.1) is 0 Å². The molecule has 16 heavy (non-hydrogen) atoms. The molecule has 0 spiro atoms. The monoisotopic (exact) mass is 215 g/mol. The molecule has 0 aromatic carbocycles. The van der Waals surface area contributed by atoms with E-state index >= 15 is 0 Å². The summed E-state index contributed by atoms with van der Waals surface area (Å²) in [4.78, 5) is 12.2. The number of nitrogens with two attached hydrogens (primary N) is 1. The van der Waals surface area contributed by atoms with Crippen molar-refractivity contribution in [3.05, 3.63) is 35.8 Å². The van der Waals surface area contributed by atoms with E-state index in [0.717, 1.165) is 16.9 Å². The van der Waals surface area contributed by atoms with Crippen molar-refractivity contribution in [3.63, 3.8) is 0 Å². The Morgan fingerprint density at radius 2 is 2.06 bits per heavy atom. The molecule has 2 aromatic heterocycles. The lowest BCUT2D eigenvalue weighted by Crippen LogP contribution is -2.02. The Labute approximate surface area is 93.8 Å². The molecule has 0 bridgehead atoms. The molecule has 0 saturated carbocycles. The molecule has 0 unspecified atom stereocenters. The number of nitrogen functional groups attached to an aromatic ring is 1. The molecule has 0 saturated heterocycles. The predicted octanol–water partition coefficient (Wildman–Crippen LogP) is 1.81. The molecular weight excluding hydrogens is 202 g/mol. The van der Waals surface area contributed by atoms with Crippen molar-refractivity contribution in [1.82, 2.24) is 15.0 Å². The minimum absolute atomic E-state index is 0.268. The smallest absolute Gasteiger partial charge is 0.222 e. The maximum Gasteiger partial charge on any atom is 0.222 e. The van der Waals surface area contributed by atoms with Crippen LogP contribution in [-0.4, -0.2) is 15.0 Å². The molecule has 0 fully saturated rings. The first-order chi connectivity index (χ1) is 7.65. The topological polar surface area (TPSA) is 76.7 Å². The molecule has 82 valence electrons. The Morgan fingerprint density at radius 3 is 2.75 bits per heavy atom. The zero-order chi connectivity index (χ0) is 11.5. The van der Waals surface area contributed by atoms with Crippen LogP contribution in [0.4, 0.5) is 17.5 Å².